The van der Waals surface area contributed by atoms with E-state index in [1.165, 1.54) is 0 Å². The number of sulfone groups is 1. The van der Waals surface area contributed by atoms with Gasteiger partial charge in [-0.1, -0.05) is 35.4 Å². The molecular formula is C17H20ClN3O4S. The summed E-state index contributed by atoms with van der Waals surface area (Å²) in [5.74, 6) is 0.450. The van der Waals surface area contributed by atoms with Crippen LogP contribution in [0.2, 0.25) is 0 Å². The lowest BCUT2D eigenvalue weighted by Gasteiger charge is -2.30. The molecule has 1 fully saturated rings. The fourth-order valence-electron chi connectivity index (χ4n) is 2.98. The quantitative estimate of drug-likeness (QED) is 0.694. The highest BCUT2D eigenvalue weighted by Crippen LogP contribution is 2.28. The molecule has 7 nitrogen and oxygen atoms in total. The lowest BCUT2D eigenvalue weighted by molar-refractivity contribution is -0.131. The van der Waals surface area contributed by atoms with E-state index in [1.807, 2.05) is 6.07 Å². The van der Waals surface area contributed by atoms with Gasteiger partial charge in [-0.2, -0.15) is 0 Å². The van der Waals surface area contributed by atoms with E-state index in [9.17, 15) is 13.2 Å². The predicted molar refractivity (Wildman–Crippen MR) is 95.5 cm³/mol. The van der Waals surface area contributed by atoms with E-state index in [1.54, 1.807) is 29.2 Å². The minimum absolute atomic E-state index is 0.0371. The normalized spacial score (nSPS) is 16.0. The van der Waals surface area contributed by atoms with Crippen LogP contribution < -0.4 is 0 Å². The molecule has 9 heteroatoms. The van der Waals surface area contributed by atoms with E-state index in [0.717, 1.165) is 0 Å². The van der Waals surface area contributed by atoms with E-state index in [4.69, 9.17) is 16.0 Å². The van der Waals surface area contributed by atoms with E-state index in [0.29, 0.717) is 49.7 Å². The van der Waals surface area contributed by atoms with Gasteiger partial charge in [-0.15, -0.1) is 16.7 Å². The summed E-state index contributed by atoms with van der Waals surface area (Å²) in [6.07, 6.45) is 1.65. The average molecular weight is 398 g/mol. The van der Waals surface area contributed by atoms with Gasteiger partial charge in [-0.05, 0) is 18.4 Å². The van der Waals surface area contributed by atoms with E-state index < -0.39 is 9.84 Å². The van der Waals surface area contributed by atoms with Crippen molar-refractivity contribution in [3.63, 3.8) is 0 Å². The molecule has 2 aromatic rings. The predicted octanol–water partition coefficient (Wildman–Crippen LogP) is 2.38. The molecule has 1 saturated heterocycles. The fourth-order valence-corrected chi connectivity index (χ4v) is 4.28. The highest BCUT2D eigenvalue weighted by molar-refractivity contribution is 7.90. The number of hydrogen-bond acceptors (Lipinski definition) is 6. The molecular weight excluding hydrogens is 378 g/mol. The molecule has 0 bridgehead atoms. The number of halogens is 1. The largest absolute Gasteiger partial charge is 0.412 e. The Balaban J connectivity index is 1.64. The molecule has 140 valence electrons. The van der Waals surface area contributed by atoms with Crippen LogP contribution in [0.5, 0.6) is 0 Å². The Morgan fingerprint density at radius 1 is 1.19 bits per heavy atom. The fraction of sp³-hybridized carbons (Fsp3) is 0.471. The van der Waals surface area contributed by atoms with Crippen molar-refractivity contribution in [1.29, 1.82) is 0 Å². The Labute approximate surface area is 157 Å². The Hall–Kier alpha value is -1.93. The maximum atomic E-state index is 12.4. The highest BCUT2D eigenvalue weighted by atomic mass is 35.5. The molecule has 0 spiro atoms. The van der Waals surface area contributed by atoms with Crippen LogP contribution in [0.15, 0.2) is 40.0 Å². The third kappa shape index (κ3) is 4.42. The number of nitrogens with zero attached hydrogens (tertiary/aromatic N) is 3. The smallest absolute Gasteiger partial charge is 0.335 e. The standard InChI is InChI=1S/C17H20ClN3O4S/c18-9-6-15(22)21-10-7-14(8-11-21)16-19-20-17(25-16)26(23,24)12-13-4-2-1-3-5-13/h1-5,14H,6-12H2. The Bertz CT molecular complexity index is 846. The van der Waals surface area contributed by atoms with Gasteiger partial charge in [0.1, 0.15) is 0 Å². The molecule has 1 aromatic heterocycles. The molecule has 0 saturated carbocycles. The molecule has 1 aromatic carbocycles. The average Bonchev–Trinajstić information content (AvgIpc) is 3.14. The molecule has 26 heavy (non-hydrogen) atoms. The second kappa shape index (κ2) is 8.18. The summed E-state index contributed by atoms with van der Waals surface area (Å²) < 4.78 is 30.4. The number of rotatable bonds is 6. The van der Waals surface area contributed by atoms with Gasteiger partial charge < -0.3 is 9.32 Å². The van der Waals surface area contributed by atoms with Crippen molar-refractivity contribution in [2.75, 3.05) is 19.0 Å². The summed E-state index contributed by atoms with van der Waals surface area (Å²) in [5, 5.41) is 7.32. The molecule has 2 heterocycles. The zero-order valence-corrected chi connectivity index (χ0v) is 15.7. The van der Waals surface area contributed by atoms with E-state index >= 15 is 0 Å². The molecule has 0 atom stereocenters. The van der Waals surface area contributed by atoms with Crippen LogP contribution >= 0.6 is 11.6 Å². The second-order valence-corrected chi connectivity index (χ2v) is 8.49. The van der Waals surface area contributed by atoms with Gasteiger partial charge in [0.2, 0.25) is 21.6 Å². The highest BCUT2D eigenvalue weighted by Gasteiger charge is 2.29. The minimum Gasteiger partial charge on any atom is -0.412 e. The topological polar surface area (TPSA) is 93.4 Å². The lowest BCUT2D eigenvalue weighted by Crippen LogP contribution is -2.38. The third-order valence-electron chi connectivity index (χ3n) is 4.39. The van der Waals surface area contributed by atoms with Crippen LogP contribution in [0.25, 0.3) is 0 Å². The maximum absolute atomic E-state index is 12.4. The van der Waals surface area contributed by atoms with Crippen molar-refractivity contribution < 1.29 is 17.6 Å². The van der Waals surface area contributed by atoms with Gasteiger partial charge in [0.15, 0.2) is 0 Å². The molecule has 1 aliphatic rings. The first kappa shape index (κ1) is 18.8. The third-order valence-corrected chi connectivity index (χ3v) is 5.99. The van der Waals surface area contributed by atoms with Crippen molar-refractivity contribution in [3.8, 4) is 0 Å². The number of hydrogen-bond donors (Lipinski definition) is 0. The number of carbonyl (C=O) groups is 1. The molecule has 0 radical (unpaired) electrons. The van der Waals surface area contributed by atoms with Crippen LogP contribution in [-0.2, 0) is 20.4 Å². The summed E-state index contributed by atoms with van der Waals surface area (Å²) >= 11 is 5.61. The number of alkyl halides is 1. The SMILES string of the molecule is O=C(CCCl)N1CCC(c2nnc(S(=O)(=O)Cc3ccccc3)o2)CC1. The van der Waals surface area contributed by atoms with Crippen molar-refractivity contribution in [2.24, 2.45) is 0 Å². The Kier molecular flexibility index (Phi) is 5.93. The zero-order valence-electron chi connectivity index (χ0n) is 14.2. The summed E-state index contributed by atoms with van der Waals surface area (Å²) in [6.45, 7) is 1.16. The molecule has 3 rings (SSSR count). The molecule has 0 N–H and O–H groups in total. The van der Waals surface area contributed by atoms with Gasteiger partial charge in [0.05, 0.1) is 5.75 Å². The zero-order chi connectivity index (χ0) is 18.6. The van der Waals surface area contributed by atoms with Crippen LogP contribution in [0.4, 0.5) is 0 Å². The van der Waals surface area contributed by atoms with Crippen molar-refractivity contribution in [1.82, 2.24) is 15.1 Å². The van der Waals surface area contributed by atoms with Gasteiger partial charge >= 0.3 is 5.22 Å². The summed E-state index contributed by atoms with van der Waals surface area (Å²) in [6, 6.07) is 8.86. The van der Waals surface area contributed by atoms with Gasteiger partial charge in [-0.3, -0.25) is 4.79 Å². The Morgan fingerprint density at radius 2 is 1.88 bits per heavy atom. The minimum atomic E-state index is -3.68. The second-order valence-electron chi connectivity index (χ2n) is 6.24. The first-order valence-electron chi connectivity index (χ1n) is 8.43. The number of likely N-dealkylation sites (tertiary alicyclic amines) is 1. The van der Waals surface area contributed by atoms with Gasteiger partial charge in [0.25, 0.3) is 0 Å². The Morgan fingerprint density at radius 3 is 2.54 bits per heavy atom. The van der Waals surface area contributed by atoms with Crippen molar-refractivity contribution in [3.05, 3.63) is 41.8 Å². The molecule has 0 unspecified atom stereocenters. The monoisotopic (exact) mass is 397 g/mol. The van der Waals surface area contributed by atoms with E-state index in [2.05, 4.69) is 10.2 Å². The van der Waals surface area contributed by atoms with Crippen LogP contribution in [0.1, 0.15) is 36.6 Å². The van der Waals surface area contributed by atoms with E-state index in [-0.39, 0.29) is 22.8 Å². The number of piperidine rings is 1. The van der Waals surface area contributed by atoms with Crippen molar-refractivity contribution in [2.45, 2.75) is 36.2 Å². The maximum Gasteiger partial charge on any atom is 0.335 e. The first-order chi connectivity index (χ1) is 12.5. The van der Waals surface area contributed by atoms with Crippen LogP contribution in [0.3, 0.4) is 0 Å². The number of amides is 1. The first-order valence-corrected chi connectivity index (χ1v) is 10.6. The van der Waals surface area contributed by atoms with Gasteiger partial charge in [-0.25, -0.2) is 8.42 Å². The summed E-state index contributed by atoms with van der Waals surface area (Å²) in [4.78, 5) is 13.6. The molecule has 1 amide bonds. The van der Waals surface area contributed by atoms with Gasteiger partial charge in [0, 0.05) is 31.3 Å². The number of benzene rings is 1. The van der Waals surface area contributed by atoms with Crippen molar-refractivity contribution >= 4 is 27.3 Å². The summed E-state index contributed by atoms with van der Waals surface area (Å²) in [5.41, 5.74) is 0.665. The number of carbonyl (C=O) groups excluding carboxylic acids is 1. The molecule has 1 aliphatic heterocycles. The van der Waals surface area contributed by atoms with Crippen LogP contribution in [-0.4, -0.2) is 48.4 Å². The van der Waals surface area contributed by atoms with Crippen LogP contribution in [0, 0.1) is 0 Å². The number of aromatic nitrogens is 2. The molecule has 0 aliphatic carbocycles. The lowest BCUT2D eigenvalue weighted by atomic mass is 9.96. The summed E-state index contributed by atoms with van der Waals surface area (Å²) in [7, 11) is -3.68.